The number of rotatable bonds is 8. The van der Waals surface area contributed by atoms with Crippen LogP contribution in [0.4, 0.5) is 0 Å². The van der Waals surface area contributed by atoms with E-state index in [1.807, 2.05) is 36.0 Å². The predicted molar refractivity (Wildman–Crippen MR) is 76.6 cm³/mol. The van der Waals surface area contributed by atoms with Crippen molar-refractivity contribution in [3.05, 3.63) is 35.4 Å². The number of nitrogens with one attached hydrogen (secondary N) is 1. The summed E-state index contributed by atoms with van der Waals surface area (Å²) in [6.45, 7) is 3.32. The monoisotopic (exact) mass is 264 g/mol. The first-order chi connectivity index (χ1) is 8.77. The maximum absolute atomic E-state index is 8.85. The van der Waals surface area contributed by atoms with E-state index in [1.54, 1.807) is 0 Å². The topological polar surface area (TPSA) is 56.0 Å². The van der Waals surface area contributed by atoms with Crippen molar-refractivity contribution in [2.24, 2.45) is 0 Å². The molecule has 1 unspecified atom stereocenters. The molecule has 0 spiro atoms. The number of aliphatic hydroxyl groups is 1. The largest absolute Gasteiger partial charge is 0.396 e. The molecule has 0 radical (unpaired) electrons. The lowest BCUT2D eigenvalue weighted by Gasteiger charge is -2.14. The minimum Gasteiger partial charge on any atom is -0.396 e. The number of aliphatic hydroxyl groups excluding tert-OH is 1. The summed E-state index contributed by atoms with van der Waals surface area (Å²) in [5.74, 6) is 2.05. The van der Waals surface area contributed by atoms with Crippen LogP contribution in [0.5, 0.6) is 0 Å². The van der Waals surface area contributed by atoms with Crippen LogP contribution in [0.3, 0.4) is 0 Å². The van der Waals surface area contributed by atoms with Crippen molar-refractivity contribution in [2.75, 3.05) is 24.7 Å². The van der Waals surface area contributed by atoms with Crippen LogP contribution < -0.4 is 5.32 Å². The summed E-state index contributed by atoms with van der Waals surface area (Å²) in [5, 5.41) is 20.9. The molecule has 0 saturated carbocycles. The SMILES string of the molecule is CC(NCCSCCCO)c1cccc(C#N)c1. The van der Waals surface area contributed by atoms with Crippen molar-refractivity contribution in [1.29, 1.82) is 5.26 Å². The molecule has 4 heteroatoms. The summed E-state index contributed by atoms with van der Waals surface area (Å²) in [7, 11) is 0. The van der Waals surface area contributed by atoms with Crippen LogP contribution in [0.15, 0.2) is 24.3 Å². The van der Waals surface area contributed by atoms with Gasteiger partial charge in [-0.15, -0.1) is 0 Å². The van der Waals surface area contributed by atoms with Gasteiger partial charge in [0, 0.05) is 24.9 Å². The maximum Gasteiger partial charge on any atom is 0.0991 e. The molecule has 0 aliphatic heterocycles. The molecule has 3 nitrogen and oxygen atoms in total. The molecule has 98 valence electrons. The van der Waals surface area contributed by atoms with Crippen LogP contribution in [0.1, 0.15) is 30.5 Å². The lowest BCUT2D eigenvalue weighted by Crippen LogP contribution is -2.21. The summed E-state index contributed by atoms with van der Waals surface area (Å²) in [5.41, 5.74) is 1.85. The Hall–Kier alpha value is -1.02. The highest BCUT2D eigenvalue weighted by atomic mass is 32.2. The molecule has 0 amide bonds. The molecular weight excluding hydrogens is 244 g/mol. The van der Waals surface area contributed by atoms with Gasteiger partial charge in [-0.25, -0.2) is 0 Å². The highest BCUT2D eigenvalue weighted by molar-refractivity contribution is 7.99. The Kier molecular flexibility index (Phi) is 7.51. The van der Waals surface area contributed by atoms with Crippen LogP contribution in [0, 0.1) is 11.3 Å². The lowest BCUT2D eigenvalue weighted by atomic mass is 10.1. The smallest absolute Gasteiger partial charge is 0.0991 e. The second-order valence-electron chi connectivity index (χ2n) is 4.10. The summed E-state index contributed by atoms with van der Waals surface area (Å²) < 4.78 is 0. The van der Waals surface area contributed by atoms with Crippen LogP contribution in [-0.2, 0) is 0 Å². The summed E-state index contributed by atoms with van der Waals surface area (Å²) in [6.07, 6.45) is 0.866. The normalized spacial score (nSPS) is 12.1. The number of hydrogen-bond acceptors (Lipinski definition) is 4. The van der Waals surface area contributed by atoms with Crippen LogP contribution >= 0.6 is 11.8 Å². The lowest BCUT2D eigenvalue weighted by molar-refractivity contribution is 0.296. The molecule has 0 heterocycles. The Morgan fingerprint density at radius 3 is 3.00 bits per heavy atom. The van der Waals surface area contributed by atoms with Gasteiger partial charge in [0.2, 0.25) is 0 Å². The summed E-state index contributed by atoms with van der Waals surface area (Å²) >= 11 is 1.85. The molecule has 1 aromatic rings. The van der Waals surface area contributed by atoms with Crippen molar-refractivity contribution >= 4 is 11.8 Å². The fraction of sp³-hybridized carbons (Fsp3) is 0.500. The third-order valence-corrected chi connectivity index (χ3v) is 3.73. The fourth-order valence-corrected chi connectivity index (χ4v) is 2.41. The van der Waals surface area contributed by atoms with E-state index in [2.05, 4.69) is 18.3 Å². The van der Waals surface area contributed by atoms with Gasteiger partial charge in [0.1, 0.15) is 0 Å². The van der Waals surface area contributed by atoms with Crippen LogP contribution in [0.25, 0.3) is 0 Å². The second-order valence-corrected chi connectivity index (χ2v) is 5.33. The van der Waals surface area contributed by atoms with Crippen LogP contribution in [0.2, 0.25) is 0 Å². The maximum atomic E-state index is 8.85. The Morgan fingerprint density at radius 2 is 2.28 bits per heavy atom. The molecule has 1 atom stereocenters. The van der Waals surface area contributed by atoms with E-state index in [0.29, 0.717) is 5.56 Å². The highest BCUT2D eigenvalue weighted by Gasteiger charge is 2.04. The van der Waals surface area contributed by atoms with Gasteiger partial charge in [-0.3, -0.25) is 0 Å². The van der Waals surface area contributed by atoms with E-state index in [4.69, 9.17) is 10.4 Å². The number of thioether (sulfide) groups is 1. The van der Waals surface area contributed by atoms with Crippen molar-refractivity contribution in [1.82, 2.24) is 5.32 Å². The molecule has 0 aliphatic carbocycles. The van der Waals surface area contributed by atoms with Gasteiger partial charge in [0.05, 0.1) is 11.6 Å². The van der Waals surface area contributed by atoms with Crippen LogP contribution in [-0.4, -0.2) is 29.8 Å². The summed E-state index contributed by atoms with van der Waals surface area (Å²) in [6, 6.07) is 10.1. The molecule has 0 fully saturated rings. The molecule has 0 saturated heterocycles. The van der Waals surface area contributed by atoms with E-state index in [0.717, 1.165) is 30.0 Å². The molecule has 1 aromatic carbocycles. The summed E-state index contributed by atoms with van der Waals surface area (Å²) in [4.78, 5) is 0. The molecule has 0 aromatic heterocycles. The molecule has 18 heavy (non-hydrogen) atoms. The van der Waals surface area contributed by atoms with Crippen molar-refractivity contribution < 1.29 is 5.11 Å². The van der Waals surface area contributed by atoms with Gasteiger partial charge < -0.3 is 10.4 Å². The Bertz CT molecular complexity index is 390. The number of hydrogen-bond donors (Lipinski definition) is 2. The fourth-order valence-electron chi connectivity index (χ4n) is 1.61. The average Bonchev–Trinajstić information content (AvgIpc) is 2.42. The molecule has 0 aliphatic rings. The minimum atomic E-state index is 0.261. The van der Waals surface area contributed by atoms with E-state index in [1.165, 1.54) is 0 Å². The molecular formula is C14H20N2OS. The van der Waals surface area contributed by atoms with Gasteiger partial charge in [0.15, 0.2) is 0 Å². The van der Waals surface area contributed by atoms with Crippen molar-refractivity contribution in [2.45, 2.75) is 19.4 Å². The Labute approximate surface area is 113 Å². The molecule has 1 rings (SSSR count). The van der Waals surface area contributed by atoms with E-state index in [-0.39, 0.29) is 12.6 Å². The predicted octanol–water partition coefficient (Wildman–Crippen LogP) is 2.32. The first-order valence-corrected chi connectivity index (χ1v) is 7.35. The second kappa shape index (κ2) is 8.98. The van der Waals surface area contributed by atoms with Gasteiger partial charge in [0.25, 0.3) is 0 Å². The van der Waals surface area contributed by atoms with E-state index >= 15 is 0 Å². The van der Waals surface area contributed by atoms with Gasteiger partial charge in [-0.1, -0.05) is 12.1 Å². The zero-order valence-corrected chi connectivity index (χ0v) is 11.5. The Balaban J connectivity index is 2.27. The quantitative estimate of drug-likeness (QED) is 0.708. The molecule has 0 bridgehead atoms. The number of benzene rings is 1. The first kappa shape index (κ1) is 15.0. The zero-order valence-electron chi connectivity index (χ0n) is 10.7. The van der Waals surface area contributed by atoms with Gasteiger partial charge in [-0.2, -0.15) is 17.0 Å². The minimum absolute atomic E-state index is 0.261. The van der Waals surface area contributed by atoms with Gasteiger partial charge >= 0.3 is 0 Å². The van der Waals surface area contributed by atoms with Gasteiger partial charge in [-0.05, 0) is 36.8 Å². The first-order valence-electron chi connectivity index (χ1n) is 6.20. The number of nitrogens with zero attached hydrogens (tertiary/aromatic N) is 1. The third kappa shape index (κ3) is 5.54. The third-order valence-electron chi connectivity index (χ3n) is 2.66. The van der Waals surface area contributed by atoms with E-state index in [9.17, 15) is 0 Å². The number of nitriles is 1. The molecule has 2 N–H and O–H groups in total. The van der Waals surface area contributed by atoms with Crippen molar-refractivity contribution in [3.8, 4) is 6.07 Å². The zero-order chi connectivity index (χ0) is 13.2. The van der Waals surface area contributed by atoms with Crippen molar-refractivity contribution in [3.63, 3.8) is 0 Å². The standard InChI is InChI=1S/C14H20N2OS/c1-12(16-6-9-18-8-3-7-17)14-5-2-4-13(10-14)11-15/h2,4-5,10,12,16-17H,3,6-9H2,1H3. The average molecular weight is 264 g/mol. The highest BCUT2D eigenvalue weighted by Crippen LogP contribution is 2.13. The van der Waals surface area contributed by atoms with E-state index < -0.39 is 0 Å². The Morgan fingerprint density at radius 1 is 1.44 bits per heavy atom.